The third-order valence-electron chi connectivity index (χ3n) is 5.71. The smallest absolute Gasteiger partial charge is 0.223 e. The second-order valence-electron chi connectivity index (χ2n) is 7.30. The number of aryl methyl sites for hydroxylation is 1. The summed E-state index contributed by atoms with van der Waals surface area (Å²) in [4.78, 5) is 0. The second kappa shape index (κ2) is 5.96. The van der Waals surface area contributed by atoms with Gasteiger partial charge >= 0.3 is 41.2 Å². The van der Waals surface area contributed by atoms with E-state index in [-0.39, 0.29) is 18.4 Å². The van der Waals surface area contributed by atoms with Crippen molar-refractivity contribution in [3.05, 3.63) is 35.4 Å². The van der Waals surface area contributed by atoms with E-state index in [1.807, 2.05) is 0 Å². The lowest BCUT2D eigenvalue weighted by atomic mass is 9.64. The predicted molar refractivity (Wildman–Crippen MR) is 75.6 cm³/mol. The van der Waals surface area contributed by atoms with Gasteiger partial charge in [-0.3, -0.25) is 0 Å². The molecule has 1 fully saturated rings. The molecule has 1 unspecified atom stereocenters. The quantitative estimate of drug-likeness (QED) is 0.433. The van der Waals surface area contributed by atoms with E-state index >= 15 is 0 Å². The van der Waals surface area contributed by atoms with Crippen molar-refractivity contribution in [1.82, 2.24) is 0 Å². The monoisotopic (exact) mass is 462 g/mol. The van der Waals surface area contributed by atoms with Crippen molar-refractivity contribution < 1.29 is 57.1 Å². The molecule has 0 bridgehead atoms. The Labute approximate surface area is 160 Å². The summed E-state index contributed by atoms with van der Waals surface area (Å²) in [6.07, 6.45) is -1.36. The molecule has 0 amide bonds. The largest absolute Gasteiger partial charge is 0.384 e. The zero-order valence-electron chi connectivity index (χ0n) is 14.4. The molecule has 0 radical (unpaired) electrons. The van der Waals surface area contributed by atoms with Gasteiger partial charge in [0.05, 0.1) is 5.92 Å². The molecule has 2 aliphatic carbocycles. The Balaban J connectivity index is 2.32. The molecule has 13 heteroatoms. The van der Waals surface area contributed by atoms with Crippen LogP contribution in [0.15, 0.2) is 24.3 Å². The summed E-state index contributed by atoms with van der Waals surface area (Å²) >= 11 is 0. The van der Waals surface area contributed by atoms with Crippen LogP contribution >= 0.6 is 0 Å². The minimum atomic E-state index is -7.56. The van der Waals surface area contributed by atoms with Crippen LogP contribution in [-0.4, -0.2) is 41.2 Å². The molecule has 0 saturated heterocycles. The van der Waals surface area contributed by atoms with Crippen LogP contribution < -0.4 is 0 Å². The Bertz CT molecular complexity index is 812. The molecule has 1 saturated carbocycles. The highest BCUT2D eigenvalue weighted by Gasteiger charge is 3.05. The van der Waals surface area contributed by atoms with Crippen LogP contribution in [0.2, 0.25) is 0 Å². The molecule has 0 aliphatic heterocycles. The first-order valence-corrected chi connectivity index (χ1v) is 8.37. The van der Waals surface area contributed by atoms with Gasteiger partial charge in [0.2, 0.25) is 0 Å². The first-order chi connectivity index (χ1) is 13.3. The van der Waals surface area contributed by atoms with Crippen molar-refractivity contribution in [2.45, 2.75) is 66.4 Å². The third-order valence-corrected chi connectivity index (χ3v) is 5.71. The fraction of sp³-hybridized carbons (Fsp3) is 0.647. The third kappa shape index (κ3) is 2.16. The molecule has 170 valence electrons. The van der Waals surface area contributed by atoms with E-state index in [2.05, 4.69) is 0 Å². The molecule has 1 aromatic rings. The minimum absolute atomic E-state index is 0.000778. The highest BCUT2D eigenvalue weighted by atomic mass is 19.4. The van der Waals surface area contributed by atoms with Gasteiger partial charge in [0.25, 0.3) is 0 Å². The number of benzene rings is 1. The van der Waals surface area contributed by atoms with E-state index in [4.69, 9.17) is 0 Å². The van der Waals surface area contributed by atoms with Gasteiger partial charge in [0.1, 0.15) is 0 Å². The van der Waals surface area contributed by atoms with Gasteiger partial charge in [-0.05, 0) is 30.4 Å². The van der Waals surface area contributed by atoms with E-state index in [9.17, 15) is 57.1 Å². The molecule has 1 aromatic carbocycles. The first-order valence-electron chi connectivity index (χ1n) is 8.37. The van der Waals surface area contributed by atoms with Crippen molar-refractivity contribution in [3.8, 4) is 0 Å². The Morgan fingerprint density at radius 1 is 0.667 bits per heavy atom. The summed E-state index contributed by atoms with van der Waals surface area (Å²) in [6.45, 7) is 0. The summed E-state index contributed by atoms with van der Waals surface area (Å²) in [5.41, 5.74) is -8.11. The zero-order valence-corrected chi connectivity index (χ0v) is 14.4. The van der Waals surface area contributed by atoms with Crippen LogP contribution in [0.25, 0.3) is 0 Å². The maximum absolute atomic E-state index is 15.0. The maximum atomic E-state index is 15.0. The summed E-state index contributed by atoms with van der Waals surface area (Å²) in [5, 5.41) is 0. The zero-order chi connectivity index (χ0) is 23.2. The van der Waals surface area contributed by atoms with Crippen molar-refractivity contribution >= 4 is 0 Å². The summed E-state index contributed by atoms with van der Waals surface area (Å²) in [7, 11) is 0. The van der Waals surface area contributed by atoms with Crippen LogP contribution in [0, 0.1) is 0 Å². The van der Waals surface area contributed by atoms with E-state index < -0.39 is 59.1 Å². The van der Waals surface area contributed by atoms with Crippen LogP contribution in [0.4, 0.5) is 57.1 Å². The first kappa shape index (κ1) is 23.0. The molecule has 0 heterocycles. The van der Waals surface area contributed by atoms with Gasteiger partial charge in [-0.1, -0.05) is 24.3 Å². The molecular weight excluding hydrogens is 451 g/mol. The van der Waals surface area contributed by atoms with Crippen molar-refractivity contribution in [1.29, 1.82) is 0 Å². The second-order valence-corrected chi connectivity index (χ2v) is 7.30. The predicted octanol–water partition coefficient (Wildman–Crippen LogP) is 6.64. The highest BCUT2D eigenvalue weighted by molar-refractivity contribution is 5.39. The van der Waals surface area contributed by atoms with E-state index in [1.54, 1.807) is 0 Å². The lowest BCUT2D eigenvalue weighted by Gasteiger charge is -2.55. The maximum Gasteiger partial charge on any atom is 0.384 e. The normalized spacial score (nSPS) is 30.4. The van der Waals surface area contributed by atoms with E-state index in [0.29, 0.717) is 0 Å². The molecule has 3 rings (SSSR count). The number of hydrogen-bond donors (Lipinski definition) is 0. The Morgan fingerprint density at radius 2 is 1.10 bits per heavy atom. The molecule has 0 spiro atoms. The fourth-order valence-electron chi connectivity index (χ4n) is 4.01. The van der Waals surface area contributed by atoms with Crippen LogP contribution in [0.1, 0.15) is 29.9 Å². The number of rotatable bonds is 2. The molecule has 0 N–H and O–H groups in total. The number of fused-ring (bicyclic) bond motifs is 1. The van der Waals surface area contributed by atoms with Crippen LogP contribution in [0.5, 0.6) is 0 Å². The number of halogens is 13. The van der Waals surface area contributed by atoms with Gasteiger partial charge in [-0.25, -0.2) is 13.2 Å². The van der Waals surface area contributed by atoms with Crippen molar-refractivity contribution in [3.63, 3.8) is 0 Å². The molecule has 1 atom stereocenters. The molecule has 30 heavy (non-hydrogen) atoms. The molecule has 0 nitrogen and oxygen atoms in total. The lowest BCUT2D eigenvalue weighted by Crippen LogP contribution is -2.87. The standard InChI is InChI=1S/C17H11F13/c18-11(19,10-7-3-5-8-4-1-2-6-9(8)10)12(20)13(21,22)15(25,26)17(29,30)16(27,28)14(12,23)24/h1-2,4,6,10H,3,5,7H2. The van der Waals surface area contributed by atoms with E-state index in [1.165, 1.54) is 6.07 Å². The van der Waals surface area contributed by atoms with Gasteiger partial charge in [-0.15, -0.1) is 0 Å². The Morgan fingerprint density at radius 3 is 1.60 bits per heavy atom. The minimum Gasteiger partial charge on any atom is -0.223 e. The highest BCUT2D eigenvalue weighted by Crippen LogP contribution is 2.73. The average molecular weight is 462 g/mol. The van der Waals surface area contributed by atoms with Crippen LogP contribution in [0.3, 0.4) is 0 Å². The van der Waals surface area contributed by atoms with Gasteiger partial charge in [-0.2, -0.15) is 43.9 Å². The summed E-state index contributed by atoms with van der Waals surface area (Å²) < 4.78 is 182. The topological polar surface area (TPSA) is 0 Å². The van der Waals surface area contributed by atoms with Gasteiger partial charge in [0, 0.05) is 0 Å². The van der Waals surface area contributed by atoms with Crippen molar-refractivity contribution in [2.75, 3.05) is 0 Å². The molecule has 2 aliphatic rings. The van der Waals surface area contributed by atoms with Gasteiger partial charge in [0.15, 0.2) is 0 Å². The van der Waals surface area contributed by atoms with Gasteiger partial charge < -0.3 is 0 Å². The number of alkyl halides is 13. The Kier molecular flexibility index (Phi) is 4.57. The van der Waals surface area contributed by atoms with Crippen LogP contribution in [-0.2, 0) is 6.42 Å². The average Bonchev–Trinajstić information content (AvgIpc) is 2.64. The van der Waals surface area contributed by atoms with Crippen molar-refractivity contribution in [2.24, 2.45) is 0 Å². The summed E-state index contributed by atoms with van der Waals surface area (Å²) in [6, 6.07) is 4.20. The summed E-state index contributed by atoms with van der Waals surface area (Å²) in [5.74, 6) is -47.0. The SMILES string of the molecule is FC(F)(C1CCCc2ccccc21)C1(F)C(F)(F)C(F)(F)C(F)(F)C(F)(F)C1(F)F. The fourth-order valence-corrected chi connectivity index (χ4v) is 4.01. The van der Waals surface area contributed by atoms with E-state index in [0.717, 1.165) is 18.2 Å². The number of hydrogen-bond acceptors (Lipinski definition) is 0. The lowest BCUT2D eigenvalue weighted by molar-refractivity contribution is -0.507. The molecular formula is C17H11F13. The molecule has 0 aromatic heterocycles. The Hall–Kier alpha value is -1.69.